The van der Waals surface area contributed by atoms with Crippen molar-refractivity contribution < 1.29 is 17.9 Å². The molecule has 3 rings (SSSR count). The number of hydrogen-bond donors (Lipinski definition) is 1. The molecule has 0 aliphatic rings. The Morgan fingerprint density at radius 3 is 2.21 bits per heavy atom. The van der Waals surface area contributed by atoms with Crippen LogP contribution in [0.4, 0.5) is 5.69 Å². The van der Waals surface area contributed by atoms with E-state index in [0.29, 0.717) is 28.5 Å². The van der Waals surface area contributed by atoms with Crippen LogP contribution in [0.2, 0.25) is 5.02 Å². The standard InChI is InChI=1S/C26H29ClN2O4S/c1-6-33-24-12-7-20(26(30)28-25-18(3)13-17(2)14-19(25)4)15-21(24)16-29(5)34(31,32)23-10-8-22(27)9-11-23/h7-15H,6,16H2,1-5H3,(H,28,30). The van der Waals surface area contributed by atoms with Crippen molar-refractivity contribution in [2.75, 3.05) is 19.0 Å². The maximum Gasteiger partial charge on any atom is 0.255 e. The maximum absolute atomic E-state index is 13.1. The average Bonchev–Trinajstić information content (AvgIpc) is 2.77. The lowest BCUT2D eigenvalue weighted by atomic mass is 10.0. The second-order valence-electron chi connectivity index (χ2n) is 8.20. The van der Waals surface area contributed by atoms with Gasteiger partial charge in [-0.1, -0.05) is 29.3 Å². The van der Waals surface area contributed by atoms with Crippen LogP contribution in [0.1, 0.15) is 39.5 Å². The number of rotatable bonds is 8. The molecule has 3 aromatic carbocycles. The number of ether oxygens (including phenoxy) is 1. The molecular weight excluding hydrogens is 472 g/mol. The van der Waals surface area contributed by atoms with E-state index in [4.69, 9.17) is 16.3 Å². The van der Waals surface area contributed by atoms with E-state index in [1.54, 1.807) is 18.2 Å². The monoisotopic (exact) mass is 500 g/mol. The number of nitrogens with zero attached hydrogens (tertiary/aromatic N) is 1. The number of amides is 1. The first-order chi connectivity index (χ1) is 16.0. The Morgan fingerprint density at radius 2 is 1.62 bits per heavy atom. The fraction of sp³-hybridized carbons (Fsp3) is 0.269. The number of benzene rings is 3. The normalized spacial score (nSPS) is 11.5. The number of anilines is 1. The van der Waals surface area contributed by atoms with Crippen LogP contribution in [0.5, 0.6) is 5.75 Å². The zero-order valence-corrected chi connectivity index (χ0v) is 21.5. The third-order valence-corrected chi connectivity index (χ3v) is 7.52. The summed E-state index contributed by atoms with van der Waals surface area (Å²) >= 11 is 5.90. The highest BCUT2D eigenvalue weighted by Crippen LogP contribution is 2.27. The predicted molar refractivity (Wildman–Crippen MR) is 136 cm³/mol. The molecule has 0 saturated carbocycles. The van der Waals surface area contributed by atoms with E-state index < -0.39 is 10.0 Å². The summed E-state index contributed by atoms with van der Waals surface area (Å²) in [5.41, 5.74) is 4.85. The number of carbonyl (C=O) groups is 1. The molecule has 6 nitrogen and oxygen atoms in total. The van der Waals surface area contributed by atoms with Crippen LogP contribution >= 0.6 is 11.6 Å². The first kappa shape index (κ1) is 25.7. The number of halogens is 1. The minimum atomic E-state index is -3.76. The predicted octanol–water partition coefficient (Wildman–Crippen LogP) is 5.74. The summed E-state index contributed by atoms with van der Waals surface area (Å²) in [5, 5.41) is 3.45. The Labute approximate surface area is 206 Å². The summed E-state index contributed by atoms with van der Waals surface area (Å²) in [4.78, 5) is 13.2. The lowest BCUT2D eigenvalue weighted by Crippen LogP contribution is -2.27. The van der Waals surface area contributed by atoms with Crippen LogP contribution in [0, 0.1) is 20.8 Å². The van der Waals surface area contributed by atoms with E-state index in [1.165, 1.54) is 35.6 Å². The molecule has 0 radical (unpaired) electrons. The first-order valence-corrected chi connectivity index (χ1v) is 12.7. The molecule has 3 aromatic rings. The van der Waals surface area contributed by atoms with Crippen LogP contribution in [-0.2, 0) is 16.6 Å². The molecule has 0 aliphatic heterocycles. The van der Waals surface area contributed by atoms with Gasteiger partial charge in [-0.3, -0.25) is 4.79 Å². The molecule has 1 N–H and O–H groups in total. The van der Waals surface area contributed by atoms with Gasteiger partial charge in [-0.15, -0.1) is 0 Å². The second kappa shape index (κ2) is 10.6. The lowest BCUT2D eigenvalue weighted by Gasteiger charge is -2.20. The largest absolute Gasteiger partial charge is 0.494 e. The Morgan fingerprint density at radius 1 is 1.00 bits per heavy atom. The Kier molecular flexibility index (Phi) is 8.02. The van der Waals surface area contributed by atoms with Gasteiger partial charge in [0.25, 0.3) is 5.91 Å². The van der Waals surface area contributed by atoms with Crippen molar-refractivity contribution in [3.05, 3.63) is 87.4 Å². The van der Waals surface area contributed by atoms with E-state index in [1.807, 2.05) is 39.8 Å². The molecule has 0 bridgehead atoms. The molecule has 0 fully saturated rings. The van der Waals surface area contributed by atoms with Gasteiger partial charge in [-0.05, 0) is 81.3 Å². The van der Waals surface area contributed by atoms with Crippen molar-refractivity contribution in [2.24, 2.45) is 0 Å². The van der Waals surface area contributed by atoms with Crippen molar-refractivity contribution in [1.82, 2.24) is 4.31 Å². The lowest BCUT2D eigenvalue weighted by molar-refractivity contribution is 0.102. The number of hydrogen-bond acceptors (Lipinski definition) is 4. The van der Waals surface area contributed by atoms with Gasteiger partial charge in [0.1, 0.15) is 5.75 Å². The molecule has 34 heavy (non-hydrogen) atoms. The van der Waals surface area contributed by atoms with Crippen molar-refractivity contribution in [3.8, 4) is 5.75 Å². The molecular formula is C26H29ClN2O4S. The summed E-state index contributed by atoms with van der Waals surface area (Å²) in [7, 11) is -2.27. The third kappa shape index (κ3) is 5.78. The average molecular weight is 501 g/mol. The van der Waals surface area contributed by atoms with Gasteiger partial charge in [-0.2, -0.15) is 4.31 Å². The molecule has 0 atom stereocenters. The minimum absolute atomic E-state index is 0.0317. The summed E-state index contributed by atoms with van der Waals surface area (Å²) < 4.78 is 33.0. The van der Waals surface area contributed by atoms with Gasteiger partial charge in [-0.25, -0.2) is 8.42 Å². The molecule has 8 heteroatoms. The van der Waals surface area contributed by atoms with Gasteiger partial charge < -0.3 is 10.1 Å². The fourth-order valence-corrected chi connectivity index (χ4v) is 5.09. The zero-order valence-electron chi connectivity index (χ0n) is 20.0. The number of nitrogens with one attached hydrogen (secondary N) is 1. The van der Waals surface area contributed by atoms with E-state index >= 15 is 0 Å². The van der Waals surface area contributed by atoms with Gasteiger partial charge in [0.2, 0.25) is 10.0 Å². The van der Waals surface area contributed by atoms with Crippen LogP contribution < -0.4 is 10.1 Å². The second-order valence-corrected chi connectivity index (χ2v) is 10.7. The van der Waals surface area contributed by atoms with E-state index in [-0.39, 0.29) is 17.3 Å². The van der Waals surface area contributed by atoms with Crippen LogP contribution in [0.25, 0.3) is 0 Å². The van der Waals surface area contributed by atoms with Crippen molar-refractivity contribution >= 4 is 33.2 Å². The minimum Gasteiger partial charge on any atom is -0.494 e. The topological polar surface area (TPSA) is 75.7 Å². The van der Waals surface area contributed by atoms with Crippen LogP contribution in [0.15, 0.2) is 59.5 Å². The van der Waals surface area contributed by atoms with Crippen molar-refractivity contribution in [2.45, 2.75) is 39.1 Å². The smallest absolute Gasteiger partial charge is 0.255 e. The van der Waals surface area contributed by atoms with Crippen molar-refractivity contribution in [1.29, 1.82) is 0 Å². The quantitative estimate of drug-likeness (QED) is 0.428. The van der Waals surface area contributed by atoms with Crippen LogP contribution in [0.3, 0.4) is 0 Å². The summed E-state index contributed by atoms with van der Waals surface area (Å²) in [6.07, 6.45) is 0. The van der Waals surface area contributed by atoms with Gasteiger partial charge in [0.15, 0.2) is 0 Å². The molecule has 0 aliphatic carbocycles. The SMILES string of the molecule is CCOc1ccc(C(=O)Nc2c(C)cc(C)cc2C)cc1CN(C)S(=O)(=O)c1ccc(Cl)cc1. The highest BCUT2D eigenvalue weighted by atomic mass is 35.5. The molecule has 0 aromatic heterocycles. The molecule has 0 spiro atoms. The van der Waals surface area contributed by atoms with Crippen LogP contribution in [-0.4, -0.2) is 32.3 Å². The highest BCUT2D eigenvalue weighted by Gasteiger charge is 2.23. The van der Waals surface area contributed by atoms with Crippen molar-refractivity contribution in [3.63, 3.8) is 0 Å². The summed E-state index contributed by atoms with van der Waals surface area (Å²) in [6.45, 7) is 8.21. The molecule has 180 valence electrons. The Balaban J connectivity index is 1.90. The fourth-order valence-electron chi connectivity index (χ4n) is 3.81. The zero-order chi connectivity index (χ0) is 25.0. The molecule has 1 amide bonds. The van der Waals surface area contributed by atoms with E-state index in [9.17, 15) is 13.2 Å². The van der Waals surface area contributed by atoms with Gasteiger partial charge >= 0.3 is 0 Å². The van der Waals surface area contributed by atoms with Gasteiger partial charge in [0, 0.05) is 35.4 Å². The molecule has 0 unspecified atom stereocenters. The number of sulfonamides is 1. The van der Waals surface area contributed by atoms with E-state index in [2.05, 4.69) is 5.32 Å². The maximum atomic E-state index is 13.1. The van der Waals surface area contributed by atoms with Gasteiger partial charge in [0.05, 0.1) is 11.5 Å². The molecule has 0 heterocycles. The highest BCUT2D eigenvalue weighted by molar-refractivity contribution is 7.89. The number of aryl methyl sites for hydroxylation is 3. The van der Waals surface area contributed by atoms with E-state index in [0.717, 1.165) is 22.4 Å². The number of carbonyl (C=O) groups excluding carboxylic acids is 1. The molecule has 0 saturated heterocycles. The summed E-state index contributed by atoms with van der Waals surface area (Å²) in [6, 6.07) is 15.1. The first-order valence-electron chi connectivity index (χ1n) is 10.9. The Hall–Kier alpha value is -2.87. The third-order valence-electron chi connectivity index (χ3n) is 5.45. The summed E-state index contributed by atoms with van der Waals surface area (Å²) in [5.74, 6) is 0.252. The Bertz CT molecular complexity index is 1280.